The van der Waals surface area contributed by atoms with E-state index < -0.39 is 10.0 Å². The molecule has 0 aromatic heterocycles. The third kappa shape index (κ3) is 1.86. The molecule has 0 amide bonds. The van der Waals surface area contributed by atoms with Crippen LogP contribution in [-0.4, -0.2) is 40.8 Å². The average Bonchev–Trinajstić information content (AvgIpc) is 3.04. The van der Waals surface area contributed by atoms with Gasteiger partial charge in [0.15, 0.2) is 0 Å². The number of nitrogens with zero attached hydrogens (tertiary/aromatic N) is 1. The molecule has 4 aliphatic rings. The summed E-state index contributed by atoms with van der Waals surface area (Å²) in [5.41, 5.74) is 0. The van der Waals surface area contributed by atoms with E-state index >= 15 is 0 Å². The van der Waals surface area contributed by atoms with Gasteiger partial charge in [-0.05, 0) is 37.5 Å². The summed E-state index contributed by atoms with van der Waals surface area (Å²) in [5, 5.41) is -0.0894. The van der Waals surface area contributed by atoms with Crippen molar-refractivity contribution in [2.24, 2.45) is 11.8 Å². The number of rotatable bonds is 3. The van der Waals surface area contributed by atoms with Crippen molar-refractivity contribution in [3.63, 3.8) is 0 Å². The fraction of sp³-hybridized carbons (Fsp3) is 1.00. The molecule has 1 aliphatic heterocycles. The summed E-state index contributed by atoms with van der Waals surface area (Å²) in [5.74, 6) is 0.827. The summed E-state index contributed by atoms with van der Waals surface area (Å²) in [6.45, 7) is 0. The molecule has 4 rings (SSSR count). The molecule has 0 aromatic carbocycles. The number of fused-ring (bicyclic) bond motifs is 1. The lowest BCUT2D eigenvalue weighted by atomic mass is 9.89. The number of sulfonamides is 1. The zero-order valence-electron chi connectivity index (χ0n) is 11.6. The first-order chi connectivity index (χ1) is 9.64. The molecule has 2 bridgehead atoms. The number of ether oxygens (including phenoxy) is 1. The lowest BCUT2D eigenvalue weighted by Gasteiger charge is -2.36. The van der Waals surface area contributed by atoms with Crippen LogP contribution in [0.25, 0.3) is 0 Å². The predicted molar refractivity (Wildman–Crippen MR) is 85.2 cm³/mol. The monoisotopic (exact) mass is 411 g/mol. The van der Waals surface area contributed by atoms with Gasteiger partial charge in [-0.25, -0.2) is 8.42 Å². The molecule has 1 heterocycles. The Hall–Kier alpha value is 0.600. The standard InChI is InChI=1S/C14H22INO3S/c15-8-19-14-9-6-11-12(7-9)20(17,18)16(13(11)14)10-4-2-1-3-5-10/h9-14H,1-8H2. The Morgan fingerprint density at radius 3 is 2.60 bits per heavy atom. The highest BCUT2D eigenvalue weighted by Crippen LogP contribution is 2.58. The maximum atomic E-state index is 12.9. The van der Waals surface area contributed by atoms with Crippen LogP contribution in [0.15, 0.2) is 0 Å². The Morgan fingerprint density at radius 2 is 1.90 bits per heavy atom. The second-order valence-electron chi connectivity index (χ2n) is 6.83. The molecule has 20 heavy (non-hydrogen) atoms. The van der Waals surface area contributed by atoms with Crippen molar-refractivity contribution in [3.8, 4) is 0 Å². The molecule has 3 saturated carbocycles. The van der Waals surface area contributed by atoms with Crippen LogP contribution in [0, 0.1) is 11.8 Å². The molecule has 0 radical (unpaired) electrons. The van der Waals surface area contributed by atoms with Gasteiger partial charge in [0.2, 0.25) is 10.0 Å². The molecular weight excluding hydrogens is 389 g/mol. The van der Waals surface area contributed by atoms with E-state index in [1.54, 1.807) is 0 Å². The first-order valence-corrected chi connectivity index (χ1v) is 10.9. The van der Waals surface area contributed by atoms with Crippen molar-refractivity contribution >= 4 is 32.6 Å². The topological polar surface area (TPSA) is 46.6 Å². The number of alkyl halides is 1. The predicted octanol–water partition coefficient (Wildman–Crippen LogP) is 2.52. The molecule has 3 aliphatic carbocycles. The fourth-order valence-corrected chi connectivity index (χ4v) is 8.49. The van der Waals surface area contributed by atoms with Crippen molar-refractivity contribution < 1.29 is 13.2 Å². The van der Waals surface area contributed by atoms with Crippen molar-refractivity contribution in [1.29, 1.82) is 0 Å². The van der Waals surface area contributed by atoms with E-state index in [0.29, 0.717) is 16.4 Å². The minimum absolute atomic E-state index is 0.0894. The Morgan fingerprint density at radius 1 is 1.15 bits per heavy atom. The summed E-state index contributed by atoms with van der Waals surface area (Å²) in [6, 6.07) is 0.407. The molecule has 4 nitrogen and oxygen atoms in total. The summed E-state index contributed by atoms with van der Waals surface area (Å²) >= 11 is 2.24. The molecule has 0 N–H and O–H groups in total. The molecule has 5 unspecified atom stereocenters. The molecule has 0 spiro atoms. The largest absolute Gasteiger partial charge is 0.366 e. The van der Waals surface area contributed by atoms with Gasteiger partial charge >= 0.3 is 0 Å². The number of halogens is 1. The molecule has 0 aromatic rings. The lowest BCUT2D eigenvalue weighted by Crippen LogP contribution is -2.48. The Balaban J connectivity index is 1.69. The summed E-state index contributed by atoms with van der Waals surface area (Å²) < 4.78 is 34.4. The highest BCUT2D eigenvalue weighted by atomic mass is 127. The van der Waals surface area contributed by atoms with Gasteiger partial charge in [0.25, 0.3) is 0 Å². The lowest BCUT2D eigenvalue weighted by molar-refractivity contribution is 0.00411. The smallest absolute Gasteiger partial charge is 0.217 e. The van der Waals surface area contributed by atoms with Crippen LogP contribution in [0.4, 0.5) is 0 Å². The fourth-order valence-electron chi connectivity index (χ4n) is 5.32. The van der Waals surface area contributed by atoms with Gasteiger partial charge in [-0.1, -0.05) is 41.9 Å². The summed E-state index contributed by atoms with van der Waals surface area (Å²) in [6.07, 6.45) is 7.80. The van der Waals surface area contributed by atoms with Crippen LogP contribution in [0.3, 0.4) is 0 Å². The third-order valence-corrected chi connectivity index (χ3v) is 8.78. The molecule has 5 atom stereocenters. The van der Waals surface area contributed by atoms with Crippen LogP contribution in [0.1, 0.15) is 44.9 Å². The average molecular weight is 411 g/mol. The SMILES string of the molecule is O=S1(=O)C2CC3CC2C(C3OCI)N1C1CCCCC1. The Kier molecular flexibility index (Phi) is 3.60. The summed E-state index contributed by atoms with van der Waals surface area (Å²) in [7, 11) is -3.07. The van der Waals surface area contributed by atoms with E-state index in [1.165, 1.54) is 19.3 Å². The zero-order chi connectivity index (χ0) is 13.9. The maximum Gasteiger partial charge on any atom is 0.217 e. The Bertz CT molecular complexity index is 491. The maximum absolute atomic E-state index is 12.9. The van der Waals surface area contributed by atoms with Gasteiger partial charge in [-0.3, -0.25) is 0 Å². The van der Waals surface area contributed by atoms with Crippen molar-refractivity contribution in [1.82, 2.24) is 4.31 Å². The van der Waals surface area contributed by atoms with E-state index in [1.807, 2.05) is 4.31 Å². The molecule has 114 valence electrons. The third-order valence-electron chi connectivity index (χ3n) is 5.99. The van der Waals surface area contributed by atoms with Crippen LogP contribution in [0.5, 0.6) is 0 Å². The number of hydrogen-bond acceptors (Lipinski definition) is 3. The number of hydrogen-bond donors (Lipinski definition) is 0. The van der Waals surface area contributed by atoms with Gasteiger partial charge in [0, 0.05) is 6.04 Å². The van der Waals surface area contributed by atoms with Gasteiger partial charge in [-0.2, -0.15) is 4.31 Å². The normalized spacial score (nSPS) is 47.1. The van der Waals surface area contributed by atoms with Crippen LogP contribution in [0.2, 0.25) is 0 Å². The van der Waals surface area contributed by atoms with E-state index in [9.17, 15) is 8.42 Å². The van der Waals surface area contributed by atoms with Gasteiger partial charge in [-0.15, -0.1) is 0 Å². The first-order valence-electron chi connectivity index (χ1n) is 7.84. The molecule has 1 saturated heterocycles. The second kappa shape index (κ2) is 5.06. The van der Waals surface area contributed by atoms with Crippen molar-refractivity contribution in [2.45, 2.75) is 68.4 Å². The van der Waals surface area contributed by atoms with Crippen LogP contribution in [-0.2, 0) is 14.8 Å². The highest BCUT2D eigenvalue weighted by Gasteiger charge is 2.67. The van der Waals surface area contributed by atoms with Crippen molar-refractivity contribution in [3.05, 3.63) is 0 Å². The second-order valence-corrected chi connectivity index (χ2v) is 9.51. The van der Waals surface area contributed by atoms with Crippen LogP contribution < -0.4 is 0 Å². The van der Waals surface area contributed by atoms with Gasteiger partial charge in [0.1, 0.15) is 0 Å². The Labute approximate surface area is 134 Å². The quantitative estimate of drug-likeness (QED) is 0.530. The van der Waals surface area contributed by atoms with E-state index in [-0.39, 0.29) is 23.4 Å². The van der Waals surface area contributed by atoms with E-state index in [2.05, 4.69) is 22.6 Å². The minimum atomic E-state index is -3.07. The van der Waals surface area contributed by atoms with Crippen LogP contribution >= 0.6 is 22.6 Å². The van der Waals surface area contributed by atoms with Gasteiger partial charge in [0.05, 0.1) is 22.0 Å². The summed E-state index contributed by atoms with van der Waals surface area (Å²) in [4.78, 5) is 0. The first kappa shape index (κ1) is 14.2. The van der Waals surface area contributed by atoms with E-state index in [4.69, 9.17) is 4.74 Å². The minimum Gasteiger partial charge on any atom is -0.366 e. The van der Waals surface area contributed by atoms with Gasteiger partial charge < -0.3 is 4.74 Å². The van der Waals surface area contributed by atoms with Crippen molar-refractivity contribution in [2.75, 3.05) is 4.61 Å². The van der Waals surface area contributed by atoms with E-state index in [0.717, 1.165) is 25.7 Å². The molecule has 6 heteroatoms. The molecule has 4 fully saturated rings. The zero-order valence-corrected chi connectivity index (χ0v) is 14.6. The molecular formula is C14H22INO3S. The highest BCUT2D eigenvalue weighted by molar-refractivity contribution is 14.1.